The van der Waals surface area contributed by atoms with Crippen molar-refractivity contribution in [2.24, 2.45) is 11.7 Å². The van der Waals surface area contributed by atoms with Crippen LogP contribution >= 0.6 is 0 Å². The van der Waals surface area contributed by atoms with Crippen LogP contribution in [0.3, 0.4) is 0 Å². The molecule has 0 amide bonds. The smallest absolute Gasteiger partial charge is 0.219 e. The van der Waals surface area contributed by atoms with Crippen molar-refractivity contribution >= 4 is 10.0 Å². The molecule has 1 saturated heterocycles. The maximum Gasteiger partial charge on any atom is 0.219 e. The van der Waals surface area contributed by atoms with E-state index < -0.39 is 10.0 Å². The van der Waals surface area contributed by atoms with Gasteiger partial charge in [-0.1, -0.05) is 5.16 Å². The minimum Gasteiger partial charge on any atom is -0.361 e. The van der Waals surface area contributed by atoms with Crippen LogP contribution in [0.15, 0.2) is 10.6 Å². The Labute approximate surface area is 107 Å². The summed E-state index contributed by atoms with van der Waals surface area (Å²) in [5.74, 6) is 0.799. The lowest BCUT2D eigenvalue weighted by Gasteiger charge is -2.30. The van der Waals surface area contributed by atoms with Gasteiger partial charge in [0, 0.05) is 19.2 Å². The van der Waals surface area contributed by atoms with E-state index in [1.54, 1.807) is 13.0 Å². The first-order valence-electron chi connectivity index (χ1n) is 6.11. The summed E-state index contributed by atoms with van der Waals surface area (Å²) in [5, 5.41) is 3.73. The standard InChI is InChI=1S/C11H19N3O3S/c1-9-5-11(13-17-9)8-18(15,16)14-4-2-3-10(6-12)7-14/h5,10H,2-4,6-8,12H2,1H3. The SMILES string of the molecule is Cc1cc(CS(=O)(=O)N2CCCC(CN)C2)no1. The molecule has 0 aromatic carbocycles. The topological polar surface area (TPSA) is 89.4 Å². The number of rotatable bonds is 4. The van der Waals surface area contributed by atoms with Crippen molar-refractivity contribution in [3.05, 3.63) is 17.5 Å². The van der Waals surface area contributed by atoms with Crippen LogP contribution in [0, 0.1) is 12.8 Å². The summed E-state index contributed by atoms with van der Waals surface area (Å²) in [6, 6.07) is 1.65. The Morgan fingerprint density at radius 3 is 3.00 bits per heavy atom. The molecule has 102 valence electrons. The lowest BCUT2D eigenvalue weighted by Crippen LogP contribution is -2.42. The van der Waals surface area contributed by atoms with Gasteiger partial charge in [-0.15, -0.1) is 0 Å². The third-order valence-corrected chi connectivity index (χ3v) is 4.99. The molecule has 6 nitrogen and oxygen atoms in total. The summed E-state index contributed by atoms with van der Waals surface area (Å²) in [5.41, 5.74) is 6.08. The van der Waals surface area contributed by atoms with Crippen LogP contribution in [0.4, 0.5) is 0 Å². The zero-order valence-corrected chi connectivity index (χ0v) is 11.3. The van der Waals surface area contributed by atoms with Gasteiger partial charge in [-0.2, -0.15) is 0 Å². The van der Waals surface area contributed by atoms with Crippen molar-refractivity contribution in [2.45, 2.75) is 25.5 Å². The van der Waals surface area contributed by atoms with E-state index in [9.17, 15) is 8.42 Å². The third kappa shape index (κ3) is 3.09. The summed E-state index contributed by atoms with van der Waals surface area (Å²) in [7, 11) is -3.31. The number of hydrogen-bond acceptors (Lipinski definition) is 5. The van der Waals surface area contributed by atoms with Crippen LogP contribution < -0.4 is 5.73 Å². The molecule has 1 aromatic heterocycles. The van der Waals surface area contributed by atoms with E-state index >= 15 is 0 Å². The quantitative estimate of drug-likeness (QED) is 0.862. The average Bonchev–Trinajstić information content (AvgIpc) is 2.74. The molecule has 0 bridgehead atoms. The lowest BCUT2D eigenvalue weighted by atomic mass is 10.0. The van der Waals surface area contributed by atoms with Crippen molar-refractivity contribution < 1.29 is 12.9 Å². The summed E-state index contributed by atoms with van der Waals surface area (Å²) < 4.78 is 30.9. The average molecular weight is 273 g/mol. The molecule has 0 aliphatic carbocycles. The molecule has 18 heavy (non-hydrogen) atoms. The van der Waals surface area contributed by atoms with Gasteiger partial charge in [-0.05, 0) is 32.2 Å². The van der Waals surface area contributed by atoms with Crippen LogP contribution in [0.5, 0.6) is 0 Å². The molecule has 0 radical (unpaired) electrons. The normalized spacial score (nSPS) is 22.2. The van der Waals surface area contributed by atoms with Crippen molar-refractivity contribution in [1.29, 1.82) is 0 Å². The summed E-state index contributed by atoms with van der Waals surface area (Å²) in [4.78, 5) is 0. The second-order valence-corrected chi connectivity index (χ2v) is 6.76. The molecule has 2 heterocycles. The third-order valence-electron chi connectivity index (χ3n) is 3.22. The van der Waals surface area contributed by atoms with Gasteiger partial charge in [0.1, 0.15) is 17.2 Å². The van der Waals surface area contributed by atoms with E-state index in [0.29, 0.717) is 31.1 Å². The Hall–Kier alpha value is -0.920. The van der Waals surface area contributed by atoms with Gasteiger partial charge in [-0.25, -0.2) is 12.7 Å². The van der Waals surface area contributed by atoms with Gasteiger partial charge < -0.3 is 10.3 Å². The second kappa shape index (κ2) is 5.38. The molecular formula is C11H19N3O3S. The molecular weight excluding hydrogens is 254 g/mol. The lowest BCUT2D eigenvalue weighted by molar-refractivity contribution is 0.271. The van der Waals surface area contributed by atoms with Crippen LogP contribution in [0.25, 0.3) is 0 Å². The Kier molecular flexibility index (Phi) is 4.04. The molecule has 0 saturated carbocycles. The van der Waals surface area contributed by atoms with Crippen molar-refractivity contribution in [3.8, 4) is 0 Å². The fourth-order valence-electron chi connectivity index (χ4n) is 2.24. The number of hydrogen-bond donors (Lipinski definition) is 1. The highest BCUT2D eigenvalue weighted by atomic mass is 32.2. The van der Waals surface area contributed by atoms with Crippen LogP contribution in [0.2, 0.25) is 0 Å². The van der Waals surface area contributed by atoms with Gasteiger partial charge in [0.05, 0.1) is 0 Å². The number of nitrogens with two attached hydrogens (primary N) is 1. The number of sulfonamides is 1. The zero-order chi connectivity index (χ0) is 13.2. The zero-order valence-electron chi connectivity index (χ0n) is 10.5. The van der Waals surface area contributed by atoms with E-state index in [4.69, 9.17) is 10.3 Å². The molecule has 1 unspecified atom stereocenters. The number of nitrogens with zero attached hydrogens (tertiary/aromatic N) is 2. The molecule has 1 aliphatic rings. The minimum absolute atomic E-state index is 0.0956. The predicted octanol–water partition coefficient (Wildman–Crippen LogP) is 0.484. The highest BCUT2D eigenvalue weighted by Crippen LogP contribution is 2.20. The largest absolute Gasteiger partial charge is 0.361 e. The molecule has 0 spiro atoms. The van der Waals surface area contributed by atoms with Gasteiger partial charge in [0.15, 0.2) is 0 Å². The summed E-state index contributed by atoms with van der Waals surface area (Å²) in [6.45, 7) is 3.38. The molecule has 2 N–H and O–H groups in total. The first-order chi connectivity index (χ1) is 8.51. The summed E-state index contributed by atoms with van der Waals surface area (Å²) in [6.07, 6.45) is 1.88. The van der Waals surface area contributed by atoms with Crippen molar-refractivity contribution in [3.63, 3.8) is 0 Å². The Bertz CT molecular complexity index is 497. The Morgan fingerprint density at radius 1 is 1.61 bits per heavy atom. The Balaban J connectivity index is 2.06. The molecule has 1 atom stereocenters. The fourth-order valence-corrected chi connectivity index (χ4v) is 3.77. The molecule has 1 aromatic rings. The van der Waals surface area contributed by atoms with E-state index in [2.05, 4.69) is 5.16 Å². The first-order valence-corrected chi connectivity index (χ1v) is 7.72. The number of aryl methyl sites for hydroxylation is 1. The molecule has 2 rings (SSSR count). The molecule has 7 heteroatoms. The molecule has 1 fully saturated rings. The van der Waals surface area contributed by atoms with Gasteiger partial charge >= 0.3 is 0 Å². The maximum absolute atomic E-state index is 12.2. The molecule has 1 aliphatic heterocycles. The monoisotopic (exact) mass is 273 g/mol. The van der Waals surface area contributed by atoms with Gasteiger partial charge in [0.2, 0.25) is 10.0 Å². The highest BCUT2D eigenvalue weighted by molar-refractivity contribution is 7.88. The number of aromatic nitrogens is 1. The van der Waals surface area contributed by atoms with E-state index in [-0.39, 0.29) is 11.7 Å². The highest BCUT2D eigenvalue weighted by Gasteiger charge is 2.29. The van der Waals surface area contributed by atoms with Crippen LogP contribution in [-0.4, -0.2) is 37.5 Å². The van der Waals surface area contributed by atoms with Gasteiger partial charge in [0.25, 0.3) is 0 Å². The van der Waals surface area contributed by atoms with Crippen molar-refractivity contribution in [2.75, 3.05) is 19.6 Å². The van der Waals surface area contributed by atoms with E-state index in [1.807, 2.05) is 0 Å². The van der Waals surface area contributed by atoms with Crippen LogP contribution in [0.1, 0.15) is 24.3 Å². The maximum atomic E-state index is 12.2. The van der Waals surface area contributed by atoms with E-state index in [0.717, 1.165) is 12.8 Å². The van der Waals surface area contributed by atoms with E-state index in [1.165, 1.54) is 4.31 Å². The number of piperidine rings is 1. The predicted molar refractivity (Wildman–Crippen MR) is 67.2 cm³/mol. The van der Waals surface area contributed by atoms with Gasteiger partial charge in [-0.3, -0.25) is 0 Å². The second-order valence-electron chi connectivity index (χ2n) is 4.79. The summed E-state index contributed by atoms with van der Waals surface area (Å²) >= 11 is 0. The minimum atomic E-state index is -3.31. The van der Waals surface area contributed by atoms with Crippen LogP contribution in [-0.2, 0) is 15.8 Å². The first kappa shape index (κ1) is 13.5. The fraction of sp³-hybridized carbons (Fsp3) is 0.727. The van der Waals surface area contributed by atoms with Crippen molar-refractivity contribution in [1.82, 2.24) is 9.46 Å². The Morgan fingerprint density at radius 2 is 2.39 bits per heavy atom.